The summed E-state index contributed by atoms with van der Waals surface area (Å²) in [5, 5.41) is 9.37. The largest absolute Gasteiger partial charge is 0.389 e. The summed E-state index contributed by atoms with van der Waals surface area (Å²) in [7, 11) is 0. The lowest BCUT2D eigenvalue weighted by molar-refractivity contribution is 0.197. The number of aliphatic hydroxyl groups excluding tert-OH is 1. The van der Waals surface area contributed by atoms with Gasteiger partial charge in [-0.2, -0.15) is 0 Å². The van der Waals surface area contributed by atoms with Crippen LogP contribution in [0.25, 0.3) is 0 Å². The van der Waals surface area contributed by atoms with Crippen LogP contribution in [0.3, 0.4) is 0 Å². The fourth-order valence-corrected chi connectivity index (χ4v) is 1.44. The molecular formula is C10H14N2O. The van der Waals surface area contributed by atoms with Crippen LogP contribution < -0.4 is 0 Å². The van der Waals surface area contributed by atoms with E-state index >= 15 is 0 Å². The molecule has 0 spiro atoms. The van der Waals surface area contributed by atoms with Crippen molar-refractivity contribution in [3.8, 4) is 0 Å². The number of aryl methyl sites for hydroxylation is 1. The van der Waals surface area contributed by atoms with E-state index in [1.54, 1.807) is 13.1 Å². The Labute approximate surface area is 77.8 Å². The molecule has 3 nitrogen and oxygen atoms in total. The van der Waals surface area contributed by atoms with E-state index < -0.39 is 6.10 Å². The molecule has 2 rings (SSSR count). The van der Waals surface area contributed by atoms with E-state index in [0.29, 0.717) is 5.92 Å². The van der Waals surface area contributed by atoms with Crippen LogP contribution in [0.1, 0.15) is 48.9 Å². The summed E-state index contributed by atoms with van der Waals surface area (Å²) in [6.45, 7) is 3.66. The zero-order chi connectivity index (χ0) is 9.42. The second-order valence-corrected chi connectivity index (χ2v) is 3.72. The second kappa shape index (κ2) is 3.07. The molecule has 1 atom stereocenters. The van der Waals surface area contributed by atoms with Crippen molar-refractivity contribution >= 4 is 0 Å². The summed E-state index contributed by atoms with van der Waals surface area (Å²) in [5.74, 6) is 1.53. The van der Waals surface area contributed by atoms with Crippen LogP contribution in [0.5, 0.6) is 0 Å². The number of hydrogen-bond donors (Lipinski definition) is 1. The highest BCUT2D eigenvalue weighted by Gasteiger charge is 2.26. The highest BCUT2D eigenvalue weighted by atomic mass is 16.3. The Balaban J connectivity index is 2.31. The number of hydrogen-bond acceptors (Lipinski definition) is 3. The Morgan fingerprint density at radius 1 is 1.54 bits per heavy atom. The van der Waals surface area contributed by atoms with Gasteiger partial charge >= 0.3 is 0 Å². The van der Waals surface area contributed by atoms with Gasteiger partial charge < -0.3 is 5.11 Å². The van der Waals surface area contributed by atoms with Crippen molar-refractivity contribution in [2.75, 3.05) is 0 Å². The Morgan fingerprint density at radius 2 is 2.23 bits per heavy atom. The summed E-state index contributed by atoms with van der Waals surface area (Å²) >= 11 is 0. The summed E-state index contributed by atoms with van der Waals surface area (Å²) < 4.78 is 0. The minimum absolute atomic E-state index is 0.465. The Bertz CT molecular complexity index is 319. The maximum atomic E-state index is 9.37. The van der Waals surface area contributed by atoms with Crippen molar-refractivity contribution in [2.45, 2.75) is 38.7 Å². The SMILES string of the molecule is Cc1nc(C2CC2)ncc1[C@@H](C)O. The quantitative estimate of drug-likeness (QED) is 0.750. The van der Waals surface area contributed by atoms with Gasteiger partial charge in [0.05, 0.1) is 6.10 Å². The first-order valence-electron chi connectivity index (χ1n) is 4.70. The van der Waals surface area contributed by atoms with E-state index in [-0.39, 0.29) is 0 Å². The van der Waals surface area contributed by atoms with Crippen molar-refractivity contribution in [2.24, 2.45) is 0 Å². The summed E-state index contributed by atoms with van der Waals surface area (Å²) in [5.41, 5.74) is 1.75. The maximum absolute atomic E-state index is 9.37. The molecule has 0 saturated heterocycles. The predicted octanol–water partition coefficient (Wildman–Crippen LogP) is 1.72. The minimum atomic E-state index is -0.465. The van der Waals surface area contributed by atoms with Crippen LogP contribution in [-0.4, -0.2) is 15.1 Å². The highest BCUT2D eigenvalue weighted by molar-refractivity contribution is 5.20. The lowest BCUT2D eigenvalue weighted by atomic mass is 10.1. The average molecular weight is 178 g/mol. The van der Waals surface area contributed by atoms with Crippen LogP contribution in [-0.2, 0) is 0 Å². The van der Waals surface area contributed by atoms with Crippen LogP contribution >= 0.6 is 0 Å². The zero-order valence-corrected chi connectivity index (χ0v) is 7.99. The van der Waals surface area contributed by atoms with Gasteiger partial charge in [0.2, 0.25) is 0 Å². The highest BCUT2D eigenvalue weighted by Crippen LogP contribution is 2.38. The lowest BCUT2D eigenvalue weighted by Crippen LogP contribution is -2.02. The van der Waals surface area contributed by atoms with E-state index in [9.17, 15) is 5.11 Å². The van der Waals surface area contributed by atoms with Gasteiger partial charge in [0.15, 0.2) is 0 Å². The molecule has 0 aliphatic heterocycles. The van der Waals surface area contributed by atoms with E-state index in [0.717, 1.165) is 17.1 Å². The normalized spacial score (nSPS) is 18.7. The van der Waals surface area contributed by atoms with Gasteiger partial charge in [0.1, 0.15) is 5.82 Å². The second-order valence-electron chi connectivity index (χ2n) is 3.72. The summed E-state index contributed by atoms with van der Waals surface area (Å²) in [6, 6.07) is 0. The number of rotatable bonds is 2. The molecule has 1 heterocycles. The fraction of sp³-hybridized carbons (Fsp3) is 0.600. The third-order valence-corrected chi connectivity index (χ3v) is 2.43. The van der Waals surface area contributed by atoms with Crippen LogP contribution in [0.4, 0.5) is 0 Å². The third kappa shape index (κ3) is 1.70. The average Bonchev–Trinajstić information content (AvgIpc) is 2.85. The fourth-order valence-electron chi connectivity index (χ4n) is 1.44. The molecule has 1 aromatic rings. The van der Waals surface area contributed by atoms with Gasteiger partial charge in [0.25, 0.3) is 0 Å². The molecule has 1 aliphatic rings. The maximum Gasteiger partial charge on any atom is 0.131 e. The third-order valence-electron chi connectivity index (χ3n) is 2.43. The molecule has 0 unspecified atom stereocenters. The lowest BCUT2D eigenvalue weighted by Gasteiger charge is -2.08. The smallest absolute Gasteiger partial charge is 0.131 e. The first kappa shape index (κ1) is 8.63. The first-order chi connectivity index (χ1) is 6.18. The molecule has 0 bridgehead atoms. The van der Waals surface area contributed by atoms with Gasteiger partial charge in [-0.3, -0.25) is 0 Å². The van der Waals surface area contributed by atoms with Crippen molar-refractivity contribution < 1.29 is 5.11 Å². The Hall–Kier alpha value is -0.960. The van der Waals surface area contributed by atoms with Gasteiger partial charge in [-0.1, -0.05) is 0 Å². The number of nitrogens with zero attached hydrogens (tertiary/aromatic N) is 2. The topological polar surface area (TPSA) is 46.0 Å². The van der Waals surface area contributed by atoms with Crippen LogP contribution in [0.2, 0.25) is 0 Å². The molecule has 13 heavy (non-hydrogen) atoms. The van der Waals surface area contributed by atoms with Crippen LogP contribution in [0, 0.1) is 6.92 Å². The molecule has 1 aromatic heterocycles. The molecule has 1 N–H and O–H groups in total. The van der Waals surface area contributed by atoms with Gasteiger partial charge in [0, 0.05) is 23.4 Å². The van der Waals surface area contributed by atoms with E-state index in [2.05, 4.69) is 9.97 Å². The Morgan fingerprint density at radius 3 is 2.69 bits per heavy atom. The Kier molecular flexibility index (Phi) is 2.04. The van der Waals surface area contributed by atoms with Crippen molar-refractivity contribution in [1.82, 2.24) is 9.97 Å². The van der Waals surface area contributed by atoms with E-state index in [1.807, 2.05) is 6.92 Å². The monoisotopic (exact) mass is 178 g/mol. The summed E-state index contributed by atoms with van der Waals surface area (Å²) in [6.07, 6.45) is 3.72. The molecule has 0 aromatic carbocycles. The molecule has 1 fully saturated rings. The van der Waals surface area contributed by atoms with Crippen molar-refractivity contribution in [3.05, 3.63) is 23.3 Å². The van der Waals surface area contributed by atoms with Gasteiger partial charge in [-0.15, -0.1) is 0 Å². The van der Waals surface area contributed by atoms with Crippen molar-refractivity contribution in [3.63, 3.8) is 0 Å². The molecule has 0 amide bonds. The van der Waals surface area contributed by atoms with E-state index in [4.69, 9.17) is 0 Å². The number of aliphatic hydroxyl groups is 1. The molecule has 3 heteroatoms. The van der Waals surface area contributed by atoms with E-state index in [1.165, 1.54) is 12.8 Å². The van der Waals surface area contributed by atoms with Crippen molar-refractivity contribution in [1.29, 1.82) is 0 Å². The van der Waals surface area contributed by atoms with Gasteiger partial charge in [-0.25, -0.2) is 9.97 Å². The summed E-state index contributed by atoms with van der Waals surface area (Å²) in [4.78, 5) is 8.64. The standard InChI is InChI=1S/C10H14N2O/c1-6-9(7(2)13)5-11-10(12-6)8-3-4-8/h5,7-8,13H,3-4H2,1-2H3/t7-/m1/s1. The number of aromatic nitrogens is 2. The molecular weight excluding hydrogens is 164 g/mol. The predicted molar refractivity (Wildman–Crippen MR) is 49.4 cm³/mol. The van der Waals surface area contributed by atoms with Gasteiger partial charge in [-0.05, 0) is 26.7 Å². The zero-order valence-electron chi connectivity index (χ0n) is 7.99. The minimum Gasteiger partial charge on any atom is -0.389 e. The first-order valence-corrected chi connectivity index (χ1v) is 4.70. The molecule has 1 aliphatic carbocycles. The molecule has 0 radical (unpaired) electrons. The van der Waals surface area contributed by atoms with Crippen LogP contribution in [0.15, 0.2) is 6.20 Å². The molecule has 1 saturated carbocycles. The molecule has 70 valence electrons.